The van der Waals surface area contributed by atoms with E-state index < -0.39 is 0 Å². The number of fused-ring (bicyclic) bond motifs is 1. The zero-order chi connectivity index (χ0) is 20.6. The zero-order valence-corrected chi connectivity index (χ0v) is 18.8. The van der Waals surface area contributed by atoms with Crippen molar-refractivity contribution < 1.29 is 9.53 Å². The maximum atomic E-state index is 11.8. The van der Waals surface area contributed by atoms with Gasteiger partial charge in [0.2, 0.25) is 0 Å². The van der Waals surface area contributed by atoms with Crippen LogP contribution in [-0.4, -0.2) is 60.9 Å². The zero-order valence-electron chi connectivity index (χ0n) is 18.8. The summed E-state index contributed by atoms with van der Waals surface area (Å²) in [7, 11) is 2.01. The van der Waals surface area contributed by atoms with Crippen molar-refractivity contribution in [2.45, 2.75) is 67.9 Å². The van der Waals surface area contributed by atoms with Gasteiger partial charge < -0.3 is 9.64 Å². The van der Waals surface area contributed by atoms with Crippen LogP contribution in [0.5, 0.6) is 0 Å². The topological polar surface area (TPSA) is 45.1 Å². The van der Waals surface area contributed by atoms with Crippen LogP contribution in [0.15, 0.2) is 16.3 Å². The van der Waals surface area contributed by atoms with Gasteiger partial charge in [0, 0.05) is 24.2 Å². The minimum absolute atomic E-state index is 0.0225. The minimum atomic E-state index is -0.143. The molecule has 5 nitrogen and oxygen atoms in total. The first-order chi connectivity index (χ1) is 12.3. The van der Waals surface area contributed by atoms with E-state index in [9.17, 15) is 4.79 Å². The largest absolute Gasteiger partial charge is 0.465 e. The maximum Gasteiger partial charge on any atom is 0.320 e. The Morgan fingerprint density at radius 3 is 2.37 bits per heavy atom. The molecule has 5 heteroatoms. The van der Waals surface area contributed by atoms with Gasteiger partial charge in [0.15, 0.2) is 0 Å². The Morgan fingerprint density at radius 2 is 1.85 bits per heavy atom. The number of nitrogens with zero attached hydrogens (tertiary/aromatic N) is 3. The molecule has 0 radical (unpaired) electrons. The number of rotatable bonds is 5. The summed E-state index contributed by atoms with van der Waals surface area (Å²) in [6, 6.07) is 0.224. The fraction of sp³-hybridized carbons (Fsp3) is 0.818. The third kappa shape index (κ3) is 5.13. The first-order valence-corrected chi connectivity index (χ1v) is 10.3. The average Bonchev–Trinajstić information content (AvgIpc) is 2.85. The Labute approximate surface area is 165 Å². The Hall–Kier alpha value is -1.36. The fourth-order valence-electron chi connectivity index (χ4n) is 4.56. The predicted octanol–water partition coefficient (Wildman–Crippen LogP) is 3.95. The highest BCUT2D eigenvalue weighted by atomic mass is 16.5. The molecule has 2 rings (SSSR count). The first-order valence-electron chi connectivity index (χ1n) is 10.3. The first kappa shape index (κ1) is 21.9. The maximum absolute atomic E-state index is 11.8. The molecule has 1 fully saturated rings. The van der Waals surface area contributed by atoms with Crippen LogP contribution in [0.25, 0.3) is 0 Å². The molecule has 0 spiro atoms. The van der Waals surface area contributed by atoms with E-state index >= 15 is 0 Å². The lowest BCUT2D eigenvalue weighted by Gasteiger charge is -2.41. The number of aliphatic imine (C=N–C) groups is 1. The molecule has 0 aromatic carbocycles. The van der Waals surface area contributed by atoms with Crippen LogP contribution in [0.3, 0.4) is 0 Å². The highest BCUT2D eigenvalue weighted by Gasteiger charge is 2.42. The molecule has 2 heterocycles. The number of amidine groups is 1. The van der Waals surface area contributed by atoms with Crippen LogP contribution < -0.4 is 0 Å². The molecule has 0 amide bonds. The lowest BCUT2D eigenvalue weighted by atomic mass is 9.79. The quantitative estimate of drug-likeness (QED) is 0.681. The molecular weight excluding hydrogens is 338 g/mol. The summed E-state index contributed by atoms with van der Waals surface area (Å²) in [4.78, 5) is 21.5. The molecule has 0 saturated carbocycles. The second-order valence-corrected chi connectivity index (χ2v) is 10.2. The fourth-order valence-corrected chi connectivity index (χ4v) is 4.56. The summed E-state index contributed by atoms with van der Waals surface area (Å²) in [6.45, 7) is 20.4. The van der Waals surface area contributed by atoms with Crippen molar-refractivity contribution >= 4 is 11.8 Å². The van der Waals surface area contributed by atoms with E-state index in [0.29, 0.717) is 19.1 Å². The third-order valence-electron chi connectivity index (χ3n) is 5.30. The molecule has 2 aliphatic heterocycles. The molecule has 0 aromatic heterocycles. The predicted molar refractivity (Wildman–Crippen MR) is 112 cm³/mol. The van der Waals surface area contributed by atoms with E-state index in [4.69, 9.17) is 9.73 Å². The lowest BCUT2D eigenvalue weighted by molar-refractivity contribution is -0.144. The van der Waals surface area contributed by atoms with Crippen LogP contribution >= 0.6 is 0 Å². The van der Waals surface area contributed by atoms with Crippen LogP contribution in [-0.2, 0) is 9.53 Å². The van der Waals surface area contributed by atoms with Crippen LogP contribution in [0.1, 0.15) is 61.8 Å². The van der Waals surface area contributed by atoms with E-state index in [2.05, 4.69) is 58.3 Å². The van der Waals surface area contributed by atoms with Crippen molar-refractivity contribution in [3.05, 3.63) is 11.3 Å². The van der Waals surface area contributed by atoms with Crippen molar-refractivity contribution in [1.29, 1.82) is 0 Å². The minimum Gasteiger partial charge on any atom is -0.465 e. The van der Waals surface area contributed by atoms with Crippen LogP contribution in [0.4, 0.5) is 0 Å². The van der Waals surface area contributed by atoms with Crippen molar-refractivity contribution in [2.24, 2.45) is 21.7 Å². The molecule has 1 saturated heterocycles. The summed E-state index contributed by atoms with van der Waals surface area (Å²) >= 11 is 0. The summed E-state index contributed by atoms with van der Waals surface area (Å²) in [5, 5.41) is 0. The molecular formula is C22H39N3O2. The van der Waals surface area contributed by atoms with Crippen molar-refractivity contribution in [1.82, 2.24) is 9.80 Å². The highest BCUT2D eigenvalue weighted by Crippen LogP contribution is 2.44. The molecule has 27 heavy (non-hydrogen) atoms. The second kappa shape index (κ2) is 7.94. The Morgan fingerprint density at radius 1 is 1.22 bits per heavy atom. The van der Waals surface area contributed by atoms with Gasteiger partial charge in [-0.3, -0.25) is 14.7 Å². The number of likely N-dealkylation sites (N-methyl/N-ethyl adjacent to an activating group) is 1. The summed E-state index contributed by atoms with van der Waals surface area (Å²) in [6.07, 6.45) is 1.05. The molecule has 0 aromatic rings. The van der Waals surface area contributed by atoms with Gasteiger partial charge in [-0.2, -0.15) is 0 Å². The standard InChI is InChI=1S/C22H39N3O2/c1-10-27-18(26)14-24(9)12-16-11-17-19(21(3,4)5)15(2)23-20(22(6,7)8)25(17)13-16/h15-16H,10-14H2,1-9H3/t15-,16+/m0/s1. The third-order valence-corrected chi connectivity index (χ3v) is 5.30. The normalized spacial score (nSPS) is 23.6. The summed E-state index contributed by atoms with van der Waals surface area (Å²) in [5.41, 5.74) is 3.05. The Balaban J connectivity index is 2.23. The van der Waals surface area contributed by atoms with E-state index in [1.54, 1.807) is 0 Å². The SMILES string of the molecule is CCOC(=O)CN(C)C[C@H]1CC2=C(C(C)(C)C)[C@H](C)N=C(C(C)(C)C)N2C1. The molecule has 0 bridgehead atoms. The average molecular weight is 378 g/mol. The van der Waals surface area contributed by atoms with Gasteiger partial charge in [-0.15, -0.1) is 0 Å². The van der Waals surface area contributed by atoms with Gasteiger partial charge in [0.05, 0.1) is 19.2 Å². The molecule has 154 valence electrons. The Bertz CT molecular complexity index is 622. The monoisotopic (exact) mass is 377 g/mol. The van der Waals surface area contributed by atoms with Gasteiger partial charge in [-0.05, 0) is 44.2 Å². The number of esters is 1. The van der Waals surface area contributed by atoms with Gasteiger partial charge >= 0.3 is 5.97 Å². The number of carbonyl (C=O) groups excluding carboxylic acids is 1. The van der Waals surface area contributed by atoms with Crippen LogP contribution in [0, 0.1) is 16.7 Å². The molecule has 0 N–H and O–H groups in total. The van der Waals surface area contributed by atoms with Crippen molar-refractivity contribution in [3.63, 3.8) is 0 Å². The van der Waals surface area contributed by atoms with E-state index in [1.807, 2.05) is 14.0 Å². The number of allylic oxidation sites excluding steroid dienone is 1. The van der Waals surface area contributed by atoms with Gasteiger partial charge in [0.25, 0.3) is 0 Å². The summed E-state index contributed by atoms with van der Waals surface area (Å²) in [5.74, 6) is 1.55. The van der Waals surface area contributed by atoms with Crippen LogP contribution in [0.2, 0.25) is 0 Å². The van der Waals surface area contributed by atoms with E-state index in [0.717, 1.165) is 19.5 Å². The summed E-state index contributed by atoms with van der Waals surface area (Å²) < 4.78 is 5.09. The molecule has 2 atom stereocenters. The molecule has 2 aliphatic rings. The lowest BCUT2D eigenvalue weighted by Crippen LogP contribution is -2.43. The van der Waals surface area contributed by atoms with Gasteiger partial charge in [0.1, 0.15) is 5.84 Å². The van der Waals surface area contributed by atoms with Gasteiger partial charge in [-0.25, -0.2) is 0 Å². The van der Waals surface area contributed by atoms with Crippen molar-refractivity contribution in [2.75, 3.05) is 33.3 Å². The number of hydrogen-bond acceptors (Lipinski definition) is 5. The Kier molecular flexibility index (Phi) is 6.45. The van der Waals surface area contributed by atoms with E-state index in [-0.39, 0.29) is 22.8 Å². The smallest absolute Gasteiger partial charge is 0.320 e. The second-order valence-electron chi connectivity index (χ2n) is 10.2. The molecule has 0 unspecified atom stereocenters. The van der Waals surface area contributed by atoms with Gasteiger partial charge in [-0.1, -0.05) is 41.5 Å². The molecule has 0 aliphatic carbocycles. The number of hydrogen-bond donors (Lipinski definition) is 0. The van der Waals surface area contributed by atoms with Crippen molar-refractivity contribution in [3.8, 4) is 0 Å². The number of ether oxygens (including phenoxy) is 1. The highest BCUT2D eigenvalue weighted by molar-refractivity contribution is 5.90. The van der Waals surface area contributed by atoms with E-state index in [1.165, 1.54) is 17.1 Å². The number of carbonyl (C=O) groups is 1.